The van der Waals surface area contributed by atoms with Crippen LogP contribution in [-0.2, 0) is 4.79 Å². The van der Waals surface area contributed by atoms with Crippen molar-refractivity contribution in [1.29, 1.82) is 0 Å². The summed E-state index contributed by atoms with van der Waals surface area (Å²) in [5.74, 6) is 1.62. The van der Waals surface area contributed by atoms with Gasteiger partial charge < -0.3 is 20.4 Å². The van der Waals surface area contributed by atoms with Crippen LogP contribution in [0, 0.1) is 11.8 Å². The molecule has 8 heteroatoms. The van der Waals surface area contributed by atoms with Crippen LogP contribution in [-0.4, -0.2) is 73.0 Å². The fourth-order valence-corrected chi connectivity index (χ4v) is 6.63. The lowest BCUT2D eigenvalue weighted by Gasteiger charge is -2.36. The predicted octanol–water partition coefficient (Wildman–Crippen LogP) is 5.84. The molecule has 40 heavy (non-hydrogen) atoms. The second-order valence-corrected chi connectivity index (χ2v) is 12.7. The second-order valence-electron chi connectivity index (χ2n) is 11.8. The summed E-state index contributed by atoms with van der Waals surface area (Å²) in [5.41, 5.74) is 1.74. The first kappa shape index (κ1) is 30.8. The molecule has 2 heterocycles. The summed E-state index contributed by atoms with van der Waals surface area (Å²) in [5, 5.41) is 7.46. The summed E-state index contributed by atoms with van der Waals surface area (Å²) in [4.78, 5) is 31.4. The van der Waals surface area contributed by atoms with Crippen LogP contribution in [0.1, 0.15) is 68.3 Å². The highest BCUT2D eigenvalue weighted by Crippen LogP contribution is 2.25. The normalized spacial score (nSPS) is 24.9. The quantitative estimate of drug-likeness (QED) is 0.367. The molecule has 4 rings (SSSR count). The van der Waals surface area contributed by atoms with Gasteiger partial charge in [-0.3, -0.25) is 9.59 Å². The maximum Gasteiger partial charge on any atom is 0.251 e. The number of hydrogen-bond donors (Lipinski definition) is 2. The van der Waals surface area contributed by atoms with Gasteiger partial charge in [-0.2, -0.15) is 0 Å². The number of nitrogens with zero attached hydrogens (tertiary/aromatic N) is 2. The molecule has 0 aliphatic carbocycles. The van der Waals surface area contributed by atoms with E-state index < -0.39 is 0 Å². The van der Waals surface area contributed by atoms with Crippen molar-refractivity contribution in [3.63, 3.8) is 0 Å². The number of rotatable bonds is 10. The summed E-state index contributed by atoms with van der Waals surface area (Å²) >= 11 is 12.1. The van der Waals surface area contributed by atoms with E-state index >= 15 is 0 Å². The van der Waals surface area contributed by atoms with Gasteiger partial charge in [0.2, 0.25) is 5.91 Å². The second kappa shape index (κ2) is 14.7. The highest BCUT2D eigenvalue weighted by Gasteiger charge is 2.33. The molecule has 0 radical (unpaired) electrons. The molecule has 2 aromatic rings. The van der Waals surface area contributed by atoms with Gasteiger partial charge in [-0.15, -0.1) is 0 Å². The zero-order valence-electron chi connectivity index (χ0n) is 24.0. The third-order valence-electron chi connectivity index (χ3n) is 8.37. The minimum Gasteiger partial charge on any atom is -0.350 e. The number of hydrogen-bond acceptors (Lipinski definition) is 4. The summed E-state index contributed by atoms with van der Waals surface area (Å²) in [6, 6.07) is 15.1. The van der Waals surface area contributed by atoms with Gasteiger partial charge >= 0.3 is 0 Å². The molecular weight excluding hydrogens is 543 g/mol. The Morgan fingerprint density at radius 1 is 1.07 bits per heavy atom. The number of piperidine rings is 1. The van der Waals surface area contributed by atoms with Crippen LogP contribution in [0.15, 0.2) is 48.5 Å². The minimum atomic E-state index is -0.282. The van der Waals surface area contributed by atoms with Gasteiger partial charge in [0.1, 0.15) is 0 Å². The largest absolute Gasteiger partial charge is 0.350 e. The van der Waals surface area contributed by atoms with E-state index in [1.165, 1.54) is 12.0 Å². The Hall–Kier alpha value is -2.12. The Labute approximate surface area is 249 Å². The highest BCUT2D eigenvalue weighted by molar-refractivity contribution is 6.42. The van der Waals surface area contributed by atoms with Crippen LogP contribution in [0.2, 0.25) is 10.0 Å². The highest BCUT2D eigenvalue weighted by atomic mass is 35.5. The first-order valence-corrected chi connectivity index (χ1v) is 15.5. The average molecular weight is 588 g/mol. The molecule has 2 N–H and O–H groups in total. The zero-order chi connectivity index (χ0) is 28.6. The number of benzene rings is 2. The standard InChI is InChI=1S/C32H44Cl2N4O2/c1-4-24(25-8-6-5-7-9-25)21-38-15-12-27(18-35-31(39)26-10-11-28(33)29(34)17-26)36-30(32(38)40)13-14-37-19-22(2)16-23(3)20-37/h5-11,17,22-24,27,30,36H,4,12-16,18-21H2,1-3H3,(H,35,39). The lowest BCUT2D eigenvalue weighted by molar-refractivity contribution is -0.133. The monoisotopic (exact) mass is 586 g/mol. The van der Waals surface area contributed by atoms with Crippen molar-refractivity contribution in [2.75, 3.05) is 39.3 Å². The Morgan fingerprint density at radius 3 is 2.48 bits per heavy atom. The molecule has 5 unspecified atom stereocenters. The maximum atomic E-state index is 13.9. The Morgan fingerprint density at radius 2 is 1.80 bits per heavy atom. The van der Waals surface area contributed by atoms with E-state index in [1.54, 1.807) is 18.2 Å². The number of carbonyl (C=O) groups is 2. The number of amides is 2. The maximum absolute atomic E-state index is 13.9. The first-order valence-electron chi connectivity index (χ1n) is 14.8. The van der Waals surface area contributed by atoms with Crippen molar-refractivity contribution in [2.24, 2.45) is 11.8 Å². The molecule has 218 valence electrons. The summed E-state index contributed by atoms with van der Waals surface area (Å²) in [6.45, 7) is 11.7. The van der Waals surface area contributed by atoms with Gasteiger partial charge in [0, 0.05) is 56.8 Å². The van der Waals surface area contributed by atoms with E-state index in [0.29, 0.717) is 53.0 Å². The first-order chi connectivity index (χ1) is 19.2. The lowest BCUT2D eigenvalue weighted by Crippen LogP contribution is -2.51. The van der Waals surface area contributed by atoms with E-state index in [2.05, 4.69) is 65.5 Å². The molecule has 2 aliphatic rings. The number of carbonyl (C=O) groups excluding carboxylic acids is 2. The molecule has 2 amide bonds. The van der Waals surface area contributed by atoms with E-state index in [0.717, 1.165) is 38.9 Å². The van der Waals surface area contributed by atoms with Gasteiger partial charge in [-0.1, -0.05) is 74.3 Å². The van der Waals surface area contributed by atoms with Crippen LogP contribution in [0.5, 0.6) is 0 Å². The number of nitrogens with one attached hydrogen (secondary N) is 2. The van der Waals surface area contributed by atoms with Crippen LogP contribution < -0.4 is 10.6 Å². The zero-order valence-corrected chi connectivity index (χ0v) is 25.6. The van der Waals surface area contributed by atoms with Gasteiger partial charge in [0.15, 0.2) is 0 Å². The van der Waals surface area contributed by atoms with E-state index in [4.69, 9.17) is 23.2 Å². The fourth-order valence-electron chi connectivity index (χ4n) is 6.33. The predicted molar refractivity (Wildman–Crippen MR) is 164 cm³/mol. The van der Waals surface area contributed by atoms with Crippen molar-refractivity contribution < 1.29 is 9.59 Å². The molecule has 2 fully saturated rings. The molecule has 6 nitrogen and oxygen atoms in total. The van der Waals surface area contributed by atoms with E-state index in [1.807, 2.05) is 6.07 Å². The Bertz CT molecular complexity index is 1120. The fraction of sp³-hybridized carbons (Fsp3) is 0.562. The van der Waals surface area contributed by atoms with Gasteiger partial charge in [0.05, 0.1) is 16.1 Å². The van der Waals surface area contributed by atoms with Crippen LogP contribution in [0.25, 0.3) is 0 Å². The molecule has 2 aromatic carbocycles. The van der Waals surface area contributed by atoms with Gasteiger partial charge in [-0.25, -0.2) is 0 Å². The van der Waals surface area contributed by atoms with Crippen molar-refractivity contribution in [2.45, 2.75) is 64.5 Å². The van der Waals surface area contributed by atoms with Crippen molar-refractivity contribution in [3.05, 3.63) is 69.7 Å². The number of likely N-dealkylation sites (tertiary alicyclic amines) is 1. The minimum absolute atomic E-state index is 0.0123. The summed E-state index contributed by atoms with van der Waals surface area (Å²) in [6.07, 6.45) is 3.77. The van der Waals surface area contributed by atoms with Gasteiger partial charge in [-0.05, 0) is 61.3 Å². The third kappa shape index (κ3) is 8.45. The smallest absolute Gasteiger partial charge is 0.251 e. The van der Waals surface area contributed by atoms with Crippen LogP contribution >= 0.6 is 23.2 Å². The van der Waals surface area contributed by atoms with Crippen LogP contribution in [0.4, 0.5) is 0 Å². The van der Waals surface area contributed by atoms with Gasteiger partial charge in [0.25, 0.3) is 5.91 Å². The Kier molecular flexibility index (Phi) is 11.3. The van der Waals surface area contributed by atoms with Crippen molar-refractivity contribution in [1.82, 2.24) is 20.4 Å². The number of halogens is 2. The molecule has 0 aromatic heterocycles. The van der Waals surface area contributed by atoms with E-state index in [-0.39, 0.29) is 23.9 Å². The summed E-state index contributed by atoms with van der Waals surface area (Å²) in [7, 11) is 0. The molecular formula is C32H44Cl2N4O2. The Balaban J connectivity index is 1.44. The molecule has 0 saturated carbocycles. The summed E-state index contributed by atoms with van der Waals surface area (Å²) < 4.78 is 0. The molecule has 5 atom stereocenters. The topological polar surface area (TPSA) is 64.7 Å². The van der Waals surface area contributed by atoms with E-state index in [9.17, 15) is 9.59 Å². The average Bonchev–Trinajstić information content (AvgIpc) is 3.08. The SMILES string of the molecule is CCC(CN1CCC(CNC(=O)c2ccc(Cl)c(Cl)c2)NC(CCN2CC(C)CC(C)C2)C1=O)c1ccccc1. The third-order valence-corrected chi connectivity index (χ3v) is 9.11. The van der Waals surface area contributed by atoms with Crippen LogP contribution in [0.3, 0.4) is 0 Å². The lowest BCUT2D eigenvalue weighted by atomic mass is 9.91. The molecule has 0 bridgehead atoms. The molecule has 0 spiro atoms. The van der Waals surface area contributed by atoms with Crippen molar-refractivity contribution in [3.8, 4) is 0 Å². The molecule has 2 saturated heterocycles. The molecule has 2 aliphatic heterocycles. The van der Waals surface area contributed by atoms with Crippen molar-refractivity contribution >= 4 is 35.0 Å².